The van der Waals surface area contributed by atoms with Crippen LogP contribution < -0.4 is 0 Å². The van der Waals surface area contributed by atoms with E-state index in [1.807, 2.05) is 12.1 Å². The summed E-state index contributed by atoms with van der Waals surface area (Å²) in [5, 5.41) is 0. The summed E-state index contributed by atoms with van der Waals surface area (Å²) in [4.78, 5) is 15.8. The van der Waals surface area contributed by atoms with Crippen molar-refractivity contribution >= 4 is 11.5 Å². The first-order valence-corrected chi connectivity index (χ1v) is 9.17. The molecule has 0 amide bonds. The SMILES string of the molecule is O=C(OC(c1cc(C2CC2)cc2cncn12)C1CCCCC1)C(F)(F)F. The first-order valence-electron chi connectivity index (χ1n) is 9.17. The minimum Gasteiger partial charge on any atom is -0.449 e. The zero-order valence-corrected chi connectivity index (χ0v) is 14.3. The highest BCUT2D eigenvalue weighted by Gasteiger charge is 2.44. The molecule has 2 aliphatic carbocycles. The molecule has 0 bridgehead atoms. The number of ether oxygens (including phenoxy) is 1. The van der Waals surface area contributed by atoms with Crippen LogP contribution in [0.15, 0.2) is 24.7 Å². The number of pyridine rings is 1. The van der Waals surface area contributed by atoms with E-state index < -0.39 is 18.2 Å². The zero-order valence-electron chi connectivity index (χ0n) is 14.3. The first kappa shape index (κ1) is 17.4. The Morgan fingerprint density at radius 1 is 1.15 bits per heavy atom. The molecule has 0 spiro atoms. The molecule has 4 nitrogen and oxygen atoms in total. The minimum absolute atomic E-state index is 0.102. The Hall–Kier alpha value is -2.05. The van der Waals surface area contributed by atoms with E-state index in [1.54, 1.807) is 16.9 Å². The van der Waals surface area contributed by atoms with Crippen LogP contribution in [0.25, 0.3) is 5.52 Å². The van der Waals surface area contributed by atoms with Crippen molar-refractivity contribution in [1.82, 2.24) is 9.38 Å². The average Bonchev–Trinajstić information content (AvgIpc) is 3.36. The van der Waals surface area contributed by atoms with E-state index in [9.17, 15) is 18.0 Å². The predicted molar refractivity (Wildman–Crippen MR) is 88.6 cm³/mol. The molecule has 1 atom stereocenters. The number of fused-ring (bicyclic) bond motifs is 1. The maximum atomic E-state index is 12.9. The molecular formula is C19H21F3N2O2. The van der Waals surface area contributed by atoms with Gasteiger partial charge in [0.15, 0.2) is 0 Å². The fraction of sp³-hybridized carbons (Fsp3) is 0.579. The molecule has 140 valence electrons. The summed E-state index contributed by atoms with van der Waals surface area (Å²) >= 11 is 0. The number of hydrogen-bond donors (Lipinski definition) is 0. The lowest BCUT2D eigenvalue weighted by atomic mass is 9.83. The fourth-order valence-corrected chi connectivity index (χ4v) is 3.97. The van der Waals surface area contributed by atoms with Crippen LogP contribution in [0, 0.1) is 5.92 Å². The monoisotopic (exact) mass is 366 g/mol. The van der Waals surface area contributed by atoms with Crippen LogP contribution in [-0.4, -0.2) is 21.5 Å². The third-order valence-corrected chi connectivity index (χ3v) is 5.46. The molecule has 2 heterocycles. The number of esters is 1. The lowest BCUT2D eigenvalue weighted by Crippen LogP contribution is -2.31. The van der Waals surface area contributed by atoms with E-state index in [0.717, 1.165) is 56.0 Å². The number of aromatic nitrogens is 2. The van der Waals surface area contributed by atoms with Crippen molar-refractivity contribution in [2.75, 3.05) is 0 Å². The highest BCUT2D eigenvalue weighted by Crippen LogP contribution is 2.43. The largest absolute Gasteiger partial charge is 0.490 e. The van der Waals surface area contributed by atoms with E-state index in [0.29, 0.717) is 11.6 Å². The molecule has 26 heavy (non-hydrogen) atoms. The van der Waals surface area contributed by atoms with E-state index in [-0.39, 0.29) is 5.92 Å². The Bertz CT molecular complexity index is 805. The van der Waals surface area contributed by atoms with Crippen molar-refractivity contribution in [2.45, 2.75) is 63.1 Å². The van der Waals surface area contributed by atoms with Crippen LogP contribution in [0.5, 0.6) is 0 Å². The summed E-state index contributed by atoms with van der Waals surface area (Å²) < 4.78 is 45.4. The second-order valence-electron chi connectivity index (χ2n) is 7.40. The highest BCUT2D eigenvalue weighted by atomic mass is 19.4. The highest BCUT2D eigenvalue weighted by molar-refractivity contribution is 5.76. The van der Waals surface area contributed by atoms with Gasteiger partial charge in [-0.15, -0.1) is 0 Å². The Balaban J connectivity index is 1.76. The number of imidazole rings is 1. The second kappa shape index (κ2) is 6.59. The minimum atomic E-state index is -4.99. The van der Waals surface area contributed by atoms with Crippen LogP contribution in [0.2, 0.25) is 0 Å². The summed E-state index contributed by atoms with van der Waals surface area (Å²) in [6.07, 6.45) is 4.03. The van der Waals surface area contributed by atoms with Crippen molar-refractivity contribution in [3.05, 3.63) is 35.9 Å². The smallest absolute Gasteiger partial charge is 0.449 e. The maximum Gasteiger partial charge on any atom is 0.490 e. The number of carbonyl (C=O) groups excluding carboxylic acids is 1. The summed E-state index contributed by atoms with van der Waals surface area (Å²) in [5.41, 5.74) is 2.52. The molecule has 0 N–H and O–H groups in total. The van der Waals surface area contributed by atoms with E-state index in [1.165, 1.54) is 0 Å². The van der Waals surface area contributed by atoms with Gasteiger partial charge in [-0.05, 0) is 49.3 Å². The third kappa shape index (κ3) is 3.44. The van der Waals surface area contributed by atoms with Crippen LogP contribution in [0.4, 0.5) is 13.2 Å². The van der Waals surface area contributed by atoms with Crippen LogP contribution >= 0.6 is 0 Å². The fourth-order valence-electron chi connectivity index (χ4n) is 3.97. The maximum absolute atomic E-state index is 12.9. The van der Waals surface area contributed by atoms with Gasteiger partial charge in [-0.25, -0.2) is 9.78 Å². The number of hydrogen-bond acceptors (Lipinski definition) is 3. The Labute approximate surface area is 149 Å². The summed E-state index contributed by atoms with van der Waals surface area (Å²) in [5.74, 6) is -1.77. The molecule has 2 aromatic heterocycles. The molecule has 2 aromatic rings. The molecule has 0 aromatic carbocycles. The first-order chi connectivity index (χ1) is 12.4. The number of carbonyl (C=O) groups is 1. The molecule has 1 unspecified atom stereocenters. The lowest BCUT2D eigenvalue weighted by Gasteiger charge is -2.31. The van der Waals surface area contributed by atoms with Gasteiger partial charge < -0.3 is 4.74 Å². The lowest BCUT2D eigenvalue weighted by molar-refractivity contribution is -0.208. The number of nitrogens with zero attached hydrogens (tertiary/aromatic N) is 2. The quantitative estimate of drug-likeness (QED) is 0.720. The van der Waals surface area contributed by atoms with Gasteiger partial charge in [0, 0.05) is 5.92 Å². The van der Waals surface area contributed by atoms with Crippen LogP contribution in [0.3, 0.4) is 0 Å². The normalized spacial score (nSPS) is 20.3. The Morgan fingerprint density at radius 2 is 1.88 bits per heavy atom. The van der Waals surface area contributed by atoms with Gasteiger partial charge in [-0.1, -0.05) is 19.3 Å². The van der Waals surface area contributed by atoms with Gasteiger partial charge in [-0.2, -0.15) is 13.2 Å². The number of rotatable bonds is 4. The topological polar surface area (TPSA) is 43.6 Å². The molecule has 0 saturated heterocycles. The molecule has 2 saturated carbocycles. The standard InChI is InChI=1S/C19H21F3N2O2/c20-19(21,22)18(25)26-17(13-4-2-1-3-5-13)16-9-14(12-6-7-12)8-15-10-23-11-24(15)16/h8-13,17H,1-7H2. The summed E-state index contributed by atoms with van der Waals surface area (Å²) in [6, 6.07) is 3.94. The van der Waals surface area contributed by atoms with Gasteiger partial charge >= 0.3 is 12.1 Å². The van der Waals surface area contributed by atoms with Crippen molar-refractivity contribution in [1.29, 1.82) is 0 Å². The molecule has 2 fully saturated rings. The van der Waals surface area contributed by atoms with Crippen molar-refractivity contribution < 1.29 is 22.7 Å². The van der Waals surface area contributed by atoms with Crippen LogP contribution in [-0.2, 0) is 9.53 Å². The van der Waals surface area contributed by atoms with Gasteiger partial charge in [0.2, 0.25) is 0 Å². The molecule has 0 radical (unpaired) electrons. The Kier molecular flexibility index (Phi) is 4.40. The summed E-state index contributed by atoms with van der Waals surface area (Å²) in [6.45, 7) is 0. The van der Waals surface area contributed by atoms with Crippen molar-refractivity contribution in [3.8, 4) is 0 Å². The molecular weight excluding hydrogens is 345 g/mol. The van der Waals surface area contributed by atoms with Crippen molar-refractivity contribution in [2.24, 2.45) is 5.92 Å². The molecule has 0 aliphatic heterocycles. The van der Waals surface area contributed by atoms with E-state index in [4.69, 9.17) is 4.74 Å². The van der Waals surface area contributed by atoms with Gasteiger partial charge in [0.25, 0.3) is 0 Å². The molecule has 7 heteroatoms. The number of alkyl halides is 3. The molecule has 2 aliphatic rings. The predicted octanol–water partition coefficient (Wildman–Crippen LogP) is 4.94. The van der Waals surface area contributed by atoms with Crippen LogP contribution in [0.1, 0.15) is 68.2 Å². The Morgan fingerprint density at radius 3 is 2.54 bits per heavy atom. The zero-order chi connectivity index (χ0) is 18.3. The van der Waals surface area contributed by atoms with Gasteiger partial charge in [0.1, 0.15) is 6.10 Å². The average molecular weight is 366 g/mol. The second-order valence-corrected chi connectivity index (χ2v) is 7.40. The molecule has 4 rings (SSSR count). The summed E-state index contributed by atoms with van der Waals surface area (Å²) in [7, 11) is 0. The third-order valence-electron chi connectivity index (χ3n) is 5.46. The van der Waals surface area contributed by atoms with E-state index >= 15 is 0 Å². The van der Waals surface area contributed by atoms with E-state index in [2.05, 4.69) is 4.98 Å². The van der Waals surface area contributed by atoms with Gasteiger partial charge in [0.05, 0.1) is 23.7 Å². The number of halogens is 3. The van der Waals surface area contributed by atoms with Crippen molar-refractivity contribution in [3.63, 3.8) is 0 Å². The van der Waals surface area contributed by atoms with Gasteiger partial charge in [-0.3, -0.25) is 4.40 Å².